The van der Waals surface area contributed by atoms with Crippen LogP contribution < -0.4 is 20.5 Å². The maximum absolute atomic E-state index is 13.7. The molecule has 0 aliphatic heterocycles. The molecule has 3 N–H and O–H groups in total. The first kappa shape index (κ1) is 26.0. The van der Waals surface area contributed by atoms with Crippen LogP contribution in [0.5, 0.6) is 11.5 Å². The minimum absolute atomic E-state index is 0.0132. The fraction of sp³-hybridized carbons (Fsp3) is 0.517. The van der Waals surface area contributed by atoms with E-state index in [0.717, 1.165) is 56.9 Å². The van der Waals surface area contributed by atoms with Gasteiger partial charge < -0.3 is 25.4 Å². The van der Waals surface area contributed by atoms with Crippen molar-refractivity contribution in [3.05, 3.63) is 53.6 Å². The summed E-state index contributed by atoms with van der Waals surface area (Å²) >= 11 is 0. The van der Waals surface area contributed by atoms with Crippen molar-refractivity contribution >= 4 is 17.5 Å². The van der Waals surface area contributed by atoms with E-state index in [1.807, 2.05) is 24.3 Å². The molecule has 2 saturated carbocycles. The van der Waals surface area contributed by atoms with Crippen LogP contribution in [-0.4, -0.2) is 43.0 Å². The molecule has 2 aromatic rings. The third-order valence-corrected chi connectivity index (χ3v) is 7.60. The summed E-state index contributed by atoms with van der Waals surface area (Å²) in [4.78, 5) is 28.7. The summed E-state index contributed by atoms with van der Waals surface area (Å²) in [5.74, 6) is 1.18. The molecule has 0 spiro atoms. The number of nitrogens with one attached hydrogen (secondary N) is 1. The zero-order chi connectivity index (χ0) is 25.5. The Morgan fingerprint density at radius 2 is 1.64 bits per heavy atom. The lowest BCUT2D eigenvalue weighted by Crippen LogP contribution is -2.53. The molecule has 0 bridgehead atoms. The Morgan fingerprint density at radius 1 is 0.917 bits per heavy atom. The first-order valence-electron chi connectivity index (χ1n) is 13.2. The van der Waals surface area contributed by atoms with E-state index in [0.29, 0.717) is 29.3 Å². The van der Waals surface area contributed by atoms with Crippen LogP contribution in [0, 0.1) is 5.92 Å². The van der Waals surface area contributed by atoms with Gasteiger partial charge >= 0.3 is 0 Å². The Kier molecular flexibility index (Phi) is 8.86. The monoisotopic (exact) mass is 493 g/mol. The number of benzene rings is 2. The lowest BCUT2D eigenvalue weighted by molar-refractivity contribution is -0.141. The molecule has 0 radical (unpaired) electrons. The van der Waals surface area contributed by atoms with E-state index in [4.69, 9.17) is 15.2 Å². The van der Waals surface area contributed by atoms with Gasteiger partial charge in [-0.3, -0.25) is 9.59 Å². The maximum atomic E-state index is 13.7. The molecule has 7 heteroatoms. The van der Waals surface area contributed by atoms with Crippen molar-refractivity contribution in [3.63, 3.8) is 0 Å². The van der Waals surface area contributed by atoms with E-state index in [9.17, 15) is 9.59 Å². The molecule has 0 heterocycles. The molecule has 2 amide bonds. The van der Waals surface area contributed by atoms with Gasteiger partial charge in [0.05, 0.1) is 14.2 Å². The fourth-order valence-corrected chi connectivity index (χ4v) is 5.59. The van der Waals surface area contributed by atoms with Crippen molar-refractivity contribution in [2.24, 2.45) is 11.7 Å². The highest BCUT2D eigenvalue weighted by atomic mass is 16.5. The van der Waals surface area contributed by atoms with E-state index < -0.39 is 0 Å². The molecular weight excluding hydrogens is 454 g/mol. The van der Waals surface area contributed by atoms with E-state index in [2.05, 4.69) is 10.2 Å². The minimum Gasteiger partial charge on any atom is -0.493 e. The Balaban J connectivity index is 1.51. The fourth-order valence-electron chi connectivity index (χ4n) is 5.59. The summed E-state index contributed by atoms with van der Waals surface area (Å²) in [6, 6.07) is 12.9. The molecule has 0 saturated heterocycles. The summed E-state index contributed by atoms with van der Waals surface area (Å²) in [6.07, 6.45) is 9.55. The Bertz CT molecular complexity index is 1050. The Morgan fingerprint density at radius 3 is 2.36 bits per heavy atom. The molecule has 4 rings (SSSR count). The molecule has 0 aromatic heterocycles. The van der Waals surface area contributed by atoms with Crippen LogP contribution in [0.4, 0.5) is 5.69 Å². The number of carbonyl (C=O) groups is 2. The van der Waals surface area contributed by atoms with Crippen LogP contribution in [-0.2, 0) is 11.3 Å². The Hall–Kier alpha value is -3.06. The molecule has 2 aliphatic carbocycles. The molecule has 2 unspecified atom stereocenters. The summed E-state index contributed by atoms with van der Waals surface area (Å²) in [5.41, 5.74) is 8.68. The number of nitrogens with two attached hydrogens (primary N) is 1. The van der Waals surface area contributed by atoms with Crippen molar-refractivity contribution < 1.29 is 19.1 Å². The molecule has 194 valence electrons. The predicted octanol–water partition coefficient (Wildman–Crippen LogP) is 5.13. The van der Waals surface area contributed by atoms with Crippen molar-refractivity contribution in [2.75, 3.05) is 19.5 Å². The van der Waals surface area contributed by atoms with E-state index >= 15 is 0 Å². The van der Waals surface area contributed by atoms with Gasteiger partial charge in [0.15, 0.2) is 11.5 Å². The normalized spacial score (nSPS) is 20.4. The number of rotatable bonds is 8. The van der Waals surface area contributed by atoms with Gasteiger partial charge in [0.25, 0.3) is 5.91 Å². The SMILES string of the molecule is COc1ccc(C(=O)Nc2cccc(CN(C(=O)C3CCCCC3)C3CCCCC3N)c2)cc1OC. The van der Waals surface area contributed by atoms with Gasteiger partial charge in [0.1, 0.15) is 0 Å². The third-order valence-electron chi connectivity index (χ3n) is 7.60. The van der Waals surface area contributed by atoms with Crippen LogP contribution in [0.3, 0.4) is 0 Å². The van der Waals surface area contributed by atoms with E-state index in [1.54, 1.807) is 32.4 Å². The highest BCUT2D eigenvalue weighted by Crippen LogP contribution is 2.31. The predicted molar refractivity (Wildman–Crippen MR) is 141 cm³/mol. The van der Waals surface area contributed by atoms with Crippen molar-refractivity contribution in [1.82, 2.24) is 4.90 Å². The second-order valence-electron chi connectivity index (χ2n) is 10.0. The number of anilines is 1. The van der Waals surface area contributed by atoms with Crippen LogP contribution >= 0.6 is 0 Å². The lowest BCUT2D eigenvalue weighted by Gasteiger charge is -2.40. The van der Waals surface area contributed by atoms with Gasteiger partial charge in [-0.1, -0.05) is 44.2 Å². The zero-order valence-electron chi connectivity index (χ0n) is 21.5. The van der Waals surface area contributed by atoms with Crippen LogP contribution in [0.2, 0.25) is 0 Å². The number of hydrogen-bond acceptors (Lipinski definition) is 5. The zero-order valence-corrected chi connectivity index (χ0v) is 21.5. The van der Waals surface area contributed by atoms with Crippen LogP contribution in [0.15, 0.2) is 42.5 Å². The van der Waals surface area contributed by atoms with Gasteiger partial charge in [0, 0.05) is 35.8 Å². The Labute approximate surface area is 214 Å². The number of nitrogens with zero attached hydrogens (tertiary/aromatic N) is 1. The summed E-state index contributed by atoms with van der Waals surface area (Å²) in [7, 11) is 3.10. The number of carbonyl (C=O) groups excluding carboxylic acids is 2. The van der Waals surface area contributed by atoms with Crippen molar-refractivity contribution in [3.8, 4) is 11.5 Å². The van der Waals surface area contributed by atoms with Gasteiger partial charge in [-0.05, 0) is 61.6 Å². The first-order chi connectivity index (χ1) is 17.5. The molecule has 36 heavy (non-hydrogen) atoms. The van der Waals surface area contributed by atoms with E-state index in [-0.39, 0.29) is 29.8 Å². The summed E-state index contributed by atoms with van der Waals surface area (Å²) in [6.45, 7) is 0.508. The second kappa shape index (κ2) is 12.3. The number of hydrogen-bond donors (Lipinski definition) is 2. The number of methoxy groups -OCH3 is 2. The standard InChI is InChI=1S/C29H39N3O4/c1-35-26-16-15-22(18-27(26)36-2)28(33)31-23-12-8-9-20(17-23)19-32(25-14-7-6-13-24(25)30)29(34)21-10-4-3-5-11-21/h8-9,12,15-18,21,24-25H,3-7,10-11,13-14,19,30H2,1-2H3,(H,31,33). The van der Waals surface area contributed by atoms with Crippen LogP contribution in [0.25, 0.3) is 0 Å². The topological polar surface area (TPSA) is 93.9 Å². The number of ether oxygens (including phenoxy) is 2. The van der Waals surface area contributed by atoms with Crippen LogP contribution in [0.1, 0.15) is 73.7 Å². The quantitative estimate of drug-likeness (QED) is 0.531. The van der Waals surface area contributed by atoms with E-state index in [1.165, 1.54) is 6.42 Å². The van der Waals surface area contributed by atoms with Gasteiger partial charge in [-0.15, -0.1) is 0 Å². The van der Waals surface area contributed by atoms with Crippen molar-refractivity contribution in [2.45, 2.75) is 76.4 Å². The first-order valence-corrected chi connectivity index (χ1v) is 13.2. The molecule has 2 aliphatic rings. The molecule has 7 nitrogen and oxygen atoms in total. The summed E-state index contributed by atoms with van der Waals surface area (Å²) in [5, 5.41) is 2.98. The minimum atomic E-state index is -0.238. The van der Waals surface area contributed by atoms with Gasteiger partial charge in [-0.25, -0.2) is 0 Å². The maximum Gasteiger partial charge on any atom is 0.255 e. The smallest absolute Gasteiger partial charge is 0.255 e. The average molecular weight is 494 g/mol. The second-order valence-corrected chi connectivity index (χ2v) is 10.0. The largest absolute Gasteiger partial charge is 0.493 e. The van der Waals surface area contributed by atoms with Gasteiger partial charge in [-0.2, -0.15) is 0 Å². The molecule has 2 aromatic carbocycles. The lowest BCUT2D eigenvalue weighted by atomic mass is 9.85. The highest BCUT2D eigenvalue weighted by molar-refractivity contribution is 6.04. The average Bonchev–Trinajstić information content (AvgIpc) is 2.92. The molecule has 2 fully saturated rings. The molecular formula is C29H39N3O4. The number of amides is 2. The van der Waals surface area contributed by atoms with Gasteiger partial charge in [0.2, 0.25) is 5.91 Å². The highest BCUT2D eigenvalue weighted by Gasteiger charge is 2.34. The third kappa shape index (κ3) is 6.19. The van der Waals surface area contributed by atoms with Crippen molar-refractivity contribution in [1.29, 1.82) is 0 Å². The summed E-state index contributed by atoms with van der Waals surface area (Å²) < 4.78 is 10.6. The molecule has 2 atom stereocenters.